The fourth-order valence-corrected chi connectivity index (χ4v) is 3.63. The van der Waals surface area contributed by atoms with Crippen LogP contribution in [0.5, 0.6) is 0 Å². The van der Waals surface area contributed by atoms with Gasteiger partial charge in [-0.3, -0.25) is 4.79 Å². The molecule has 2 N–H and O–H groups in total. The highest BCUT2D eigenvalue weighted by atomic mass is 127. The number of benzene rings is 1. The molecular weight excluding hydrogens is 439 g/mol. The van der Waals surface area contributed by atoms with Gasteiger partial charge in [0.25, 0.3) is 0 Å². The second-order valence-electron chi connectivity index (χ2n) is 6.82. The molecule has 0 aromatic heterocycles. The van der Waals surface area contributed by atoms with Crippen LogP contribution in [-0.4, -0.2) is 49.5 Å². The Morgan fingerprint density at radius 3 is 2.88 bits per heavy atom. The summed E-state index contributed by atoms with van der Waals surface area (Å²) >= 11 is 0. The zero-order chi connectivity index (χ0) is 17.5. The number of carbonyl (C=O) groups is 1. The Bertz CT molecular complexity index is 695. The van der Waals surface area contributed by atoms with Gasteiger partial charge in [-0.05, 0) is 31.9 Å². The third-order valence-corrected chi connectivity index (χ3v) is 4.81. The maximum atomic E-state index is 11.7. The van der Waals surface area contributed by atoms with E-state index in [-0.39, 0.29) is 35.3 Å². The lowest BCUT2D eigenvalue weighted by Crippen LogP contribution is -2.51. The van der Waals surface area contributed by atoms with Gasteiger partial charge in [0, 0.05) is 43.6 Å². The first-order valence-corrected chi connectivity index (χ1v) is 9.05. The van der Waals surface area contributed by atoms with Crippen LogP contribution in [-0.2, 0) is 4.79 Å². The number of likely N-dealkylation sites (tertiary alicyclic amines) is 1. The lowest BCUT2D eigenvalue weighted by molar-refractivity contribution is -0.119. The topological polar surface area (TPSA) is 56.7 Å². The third kappa shape index (κ3) is 5.37. The maximum Gasteiger partial charge on any atom is 0.220 e. The first-order valence-electron chi connectivity index (χ1n) is 9.05. The number of hydrogen-bond acceptors (Lipinski definition) is 2. The van der Waals surface area contributed by atoms with Crippen molar-refractivity contribution >= 4 is 35.8 Å². The summed E-state index contributed by atoms with van der Waals surface area (Å²) in [5, 5.41) is 6.37. The van der Waals surface area contributed by atoms with Crippen LogP contribution in [0.4, 0.5) is 0 Å². The Kier molecular flexibility index (Phi) is 7.76. The van der Waals surface area contributed by atoms with Crippen molar-refractivity contribution in [3.8, 4) is 11.8 Å². The maximum absolute atomic E-state index is 11.7. The molecule has 2 aliphatic heterocycles. The van der Waals surface area contributed by atoms with Crippen LogP contribution in [0.1, 0.15) is 31.7 Å². The monoisotopic (exact) mass is 466 g/mol. The van der Waals surface area contributed by atoms with Crippen LogP contribution in [0.25, 0.3) is 0 Å². The van der Waals surface area contributed by atoms with E-state index in [0.717, 1.165) is 50.5 Å². The molecule has 0 saturated carbocycles. The molecule has 3 rings (SSSR count). The molecule has 2 aliphatic rings. The minimum Gasteiger partial charge on any atom is -0.356 e. The summed E-state index contributed by atoms with van der Waals surface area (Å²) in [6.45, 7) is 6.02. The van der Waals surface area contributed by atoms with Crippen LogP contribution in [0.15, 0.2) is 35.3 Å². The number of rotatable bonds is 2. The number of guanidine groups is 1. The molecule has 1 amide bonds. The van der Waals surface area contributed by atoms with Crippen LogP contribution in [0.2, 0.25) is 0 Å². The van der Waals surface area contributed by atoms with Crippen LogP contribution in [0.3, 0.4) is 0 Å². The number of nitrogens with zero attached hydrogens (tertiary/aromatic N) is 2. The normalized spacial score (nSPS) is 22.3. The molecule has 1 atom stereocenters. The molecule has 0 aliphatic carbocycles. The number of hydrogen-bond donors (Lipinski definition) is 2. The molecule has 0 radical (unpaired) electrons. The van der Waals surface area contributed by atoms with Gasteiger partial charge in [0.1, 0.15) is 6.54 Å². The molecule has 2 saturated heterocycles. The molecule has 26 heavy (non-hydrogen) atoms. The standard InChI is InChI=1S/C20H26N4O.HI/c1-2-21-19(22-12-6-10-17-8-4-3-5-9-17)24-13-7-11-20(16-24)14-18(25)23-15-20;/h3-5,8-9H,2,7,11-16H2,1H3,(H,21,22)(H,23,25);1H. The SMILES string of the molecule is CCNC(=NCC#Cc1ccccc1)N1CCCC2(CNC(=O)C2)C1.I. The largest absolute Gasteiger partial charge is 0.356 e. The van der Waals surface area contributed by atoms with Gasteiger partial charge in [-0.2, -0.15) is 0 Å². The Balaban J connectivity index is 0.00000243. The summed E-state index contributed by atoms with van der Waals surface area (Å²) in [6.07, 6.45) is 2.83. The Morgan fingerprint density at radius 2 is 2.19 bits per heavy atom. The Morgan fingerprint density at radius 1 is 1.38 bits per heavy atom. The van der Waals surface area contributed by atoms with Crippen LogP contribution < -0.4 is 10.6 Å². The smallest absolute Gasteiger partial charge is 0.220 e. The van der Waals surface area contributed by atoms with Crippen molar-refractivity contribution in [3.63, 3.8) is 0 Å². The van der Waals surface area contributed by atoms with Gasteiger partial charge in [-0.1, -0.05) is 30.0 Å². The lowest BCUT2D eigenvalue weighted by Gasteiger charge is -2.40. The molecule has 1 aromatic rings. The number of nitrogens with one attached hydrogen (secondary N) is 2. The molecule has 1 aromatic carbocycles. The number of aliphatic imine (C=N–C) groups is 1. The van der Waals surface area contributed by atoms with E-state index in [9.17, 15) is 4.79 Å². The highest BCUT2D eigenvalue weighted by molar-refractivity contribution is 14.0. The highest BCUT2D eigenvalue weighted by Gasteiger charge is 2.42. The summed E-state index contributed by atoms with van der Waals surface area (Å²) in [5.74, 6) is 7.35. The molecule has 0 bridgehead atoms. The van der Waals surface area contributed by atoms with E-state index < -0.39 is 0 Å². The van der Waals surface area contributed by atoms with Crippen molar-refractivity contribution in [1.29, 1.82) is 0 Å². The average Bonchev–Trinajstić information content (AvgIpc) is 2.98. The predicted molar refractivity (Wildman–Crippen MR) is 116 cm³/mol. The number of halogens is 1. The van der Waals surface area contributed by atoms with Crippen molar-refractivity contribution in [2.45, 2.75) is 26.2 Å². The fraction of sp³-hybridized carbons (Fsp3) is 0.500. The van der Waals surface area contributed by atoms with Crippen molar-refractivity contribution in [2.75, 3.05) is 32.7 Å². The summed E-state index contributed by atoms with van der Waals surface area (Å²) in [5.41, 5.74) is 1.08. The summed E-state index contributed by atoms with van der Waals surface area (Å²) < 4.78 is 0. The Hall–Kier alpha value is -1.75. The Labute approximate surface area is 173 Å². The minimum atomic E-state index is 0. The molecule has 6 heteroatoms. The molecule has 5 nitrogen and oxygen atoms in total. The molecule has 1 spiro atoms. The van der Waals surface area contributed by atoms with Gasteiger partial charge in [0.2, 0.25) is 5.91 Å². The number of piperidine rings is 1. The minimum absolute atomic E-state index is 0. The van der Waals surface area contributed by atoms with E-state index >= 15 is 0 Å². The summed E-state index contributed by atoms with van der Waals surface area (Å²) in [4.78, 5) is 18.6. The highest BCUT2D eigenvalue weighted by Crippen LogP contribution is 2.35. The summed E-state index contributed by atoms with van der Waals surface area (Å²) in [6, 6.07) is 9.96. The van der Waals surface area contributed by atoms with Crippen molar-refractivity contribution < 1.29 is 4.79 Å². The number of carbonyl (C=O) groups excluding carboxylic acids is 1. The van der Waals surface area contributed by atoms with E-state index in [4.69, 9.17) is 0 Å². The molecule has 1 unspecified atom stereocenters. The van der Waals surface area contributed by atoms with Gasteiger partial charge in [-0.25, -0.2) is 4.99 Å². The van der Waals surface area contributed by atoms with Gasteiger partial charge >= 0.3 is 0 Å². The van der Waals surface area contributed by atoms with E-state index in [1.165, 1.54) is 0 Å². The van der Waals surface area contributed by atoms with Gasteiger partial charge in [0.05, 0.1) is 0 Å². The van der Waals surface area contributed by atoms with Crippen molar-refractivity contribution in [3.05, 3.63) is 35.9 Å². The predicted octanol–water partition coefficient (Wildman–Crippen LogP) is 2.22. The summed E-state index contributed by atoms with van der Waals surface area (Å²) in [7, 11) is 0. The molecule has 2 fully saturated rings. The molecule has 2 heterocycles. The third-order valence-electron chi connectivity index (χ3n) is 4.81. The first kappa shape index (κ1) is 20.6. The van der Waals surface area contributed by atoms with Gasteiger partial charge in [-0.15, -0.1) is 24.0 Å². The van der Waals surface area contributed by atoms with Crippen LogP contribution >= 0.6 is 24.0 Å². The van der Waals surface area contributed by atoms with Crippen molar-refractivity contribution in [1.82, 2.24) is 15.5 Å². The zero-order valence-corrected chi connectivity index (χ0v) is 17.6. The quantitative estimate of drug-likeness (QED) is 0.304. The van der Waals surface area contributed by atoms with E-state index in [0.29, 0.717) is 13.0 Å². The fourth-order valence-electron chi connectivity index (χ4n) is 3.63. The van der Waals surface area contributed by atoms with E-state index in [1.807, 2.05) is 30.3 Å². The molecule has 140 valence electrons. The van der Waals surface area contributed by atoms with Crippen molar-refractivity contribution in [2.24, 2.45) is 10.4 Å². The van der Waals surface area contributed by atoms with E-state index in [1.54, 1.807) is 0 Å². The zero-order valence-electron chi connectivity index (χ0n) is 15.3. The van der Waals surface area contributed by atoms with Crippen LogP contribution in [0, 0.1) is 17.3 Å². The first-order chi connectivity index (χ1) is 12.2. The van der Waals surface area contributed by atoms with Gasteiger partial charge < -0.3 is 15.5 Å². The molecular formula is C20H27IN4O. The average molecular weight is 466 g/mol. The lowest BCUT2D eigenvalue weighted by atomic mass is 9.79. The van der Waals surface area contributed by atoms with Gasteiger partial charge in [0.15, 0.2) is 5.96 Å². The van der Waals surface area contributed by atoms with E-state index in [2.05, 4.69) is 39.3 Å². The number of amides is 1. The second-order valence-corrected chi connectivity index (χ2v) is 6.82. The second kappa shape index (κ2) is 9.81.